The van der Waals surface area contributed by atoms with Crippen LogP contribution >= 0.6 is 35.0 Å². The number of thioether (sulfide) groups is 1. The smallest absolute Gasteiger partial charge is 0.247 e. The molecule has 0 aliphatic rings. The Balaban J connectivity index is 1.77. The van der Waals surface area contributed by atoms with Gasteiger partial charge in [-0.1, -0.05) is 23.2 Å². The summed E-state index contributed by atoms with van der Waals surface area (Å²) >= 11 is 13.7. The number of halogens is 2. The zero-order valence-corrected chi connectivity index (χ0v) is 15.3. The normalized spacial score (nSPS) is 12.2. The fourth-order valence-electron chi connectivity index (χ4n) is 2.06. The highest BCUT2D eigenvalue weighted by Gasteiger charge is 2.17. The average Bonchev–Trinajstić information content (AvgIpc) is 3.08. The Morgan fingerprint density at radius 3 is 2.54 bits per heavy atom. The van der Waals surface area contributed by atoms with Crippen LogP contribution in [0, 0.1) is 0 Å². The molecule has 3 rings (SSSR count). The molecule has 0 bridgehead atoms. The van der Waals surface area contributed by atoms with Gasteiger partial charge in [0.15, 0.2) is 0 Å². The molecule has 0 aliphatic heterocycles. The summed E-state index contributed by atoms with van der Waals surface area (Å²) in [6, 6.07) is 12.8. The van der Waals surface area contributed by atoms with E-state index in [1.54, 1.807) is 19.2 Å². The van der Waals surface area contributed by atoms with Crippen molar-refractivity contribution in [2.45, 2.75) is 17.1 Å². The molecule has 2 aromatic carbocycles. The summed E-state index contributed by atoms with van der Waals surface area (Å²) in [5.74, 6) is 1.78. The van der Waals surface area contributed by atoms with Crippen molar-refractivity contribution in [2.75, 3.05) is 7.11 Å². The van der Waals surface area contributed by atoms with E-state index in [0.717, 1.165) is 16.2 Å². The molecule has 124 valence electrons. The van der Waals surface area contributed by atoms with Crippen LogP contribution in [0.5, 0.6) is 5.75 Å². The maximum absolute atomic E-state index is 6.20. The zero-order valence-electron chi connectivity index (χ0n) is 13.0. The monoisotopic (exact) mass is 380 g/mol. The third-order valence-corrected chi connectivity index (χ3v) is 5.15. The SMILES string of the molecule is COc1ccc(-c2nnc([C@H](C)Sc3cc(Cl)ccc3Cl)o2)cc1. The van der Waals surface area contributed by atoms with Crippen molar-refractivity contribution in [3.8, 4) is 17.2 Å². The second kappa shape index (κ2) is 7.47. The Hall–Kier alpha value is -1.69. The van der Waals surface area contributed by atoms with Gasteiger partial charge in [0.2, 0.25) is 11.8 Å². The highest BCUT2D eigenvalue weighted by Crippen LogP contribution is 2.39. The molecule has 0 saturated heterocycles. The van der Waals surface area contributed by atoms with Crippen LogP contribution in [-0.2, 0) is 0 Å². The summed E-state index contributed by atoms with van der Waals surface area (Å²) in [5, 5.41) is 9.48. The van der Waals surface area contributed by atoms with E-state index in [9.17, 15) is 0 Å². The lowest BCUT2D eigenvalue weighted by atomic mass is 10.2. The Kier molecular flexibility index (Phi) is 5.33. The Morgan fingerprint density at radius 1 is 1.08 bits per heavy atom. The van der Waals surface area contributed by atoms with Gasteiger partial charge in [-0.2, -0.15) is 0 Å². The topological polar surface area (TPSA) is 48.2 Å². The molecule has 0 fully saturated rings. The van der Waals surface area contributed by atoms with Gasteiger partial charge in [-0.05, 0) is 49.4 Å². The summed E-state index contributed by atoms with van der Waals surface area (Å²) in [6.07, 6.45) is 0. The van der Waals surface area contributed by atoms with E-state index in [2.05, 4.69) is 10.2 Å². The van der Waals surface area contributed by atoms with Gasteiger partial charge in [0.1, 0.15) is 5.75 Å². The highest BCUT2D eigenvalue weighted by atomic mass is 35.5. The number of benzene rings is 2. The lowest BCUT2D eigenvalue weighted by molar-refractivity contribution is 0.415. The zero-order chi connectivity index (χ0) is 17.1. The van der Waals surface area contributed by atoms with Crippen LogP contribution in [0.4, 0.5) is 0 Å². The predicted molar refractivity (Wildman–Crippen MR) is 97.0 cm³/mol. The van der Waals surface area contributed by atoms with Gasteiger partial charge in [-0.3, -0.25) is 0 Å². The van der Waals surface area contributed by atoms with Crippen LogP contribution in [0.15, 0.2) is 51.8 Å². The molecule has 1 aromatic heterocycles. The molecule has 24 heavy (non-hydrogen) atoms. The first-order valence-corrected chi connectivity index (χ1v) is 8.80. The minimum Gasteiger partial charge on any atom is -0.497 e. The number of methoxy groups -OCH3 is 1. The van der Waals surface area contributed by atoms with Gasteiger partial charge >= 0.3 is 0 Å². The molecule has 4 nitrogen and oxygen atoms in total. The summed E-state index contributed by atoms with van der Waals surface area (Å²) < 4.78 is 10.9. The predicted octanol–water partition coefficient (Wildman–Crippen LogP) is 5.91. The number of hydrogen-bond acceptors (Lipinski definition) is 5. The van der Waals surface area contributed by atoms with Gasteiger partial charge in [-0.25, -0.2) is 0 Å². The summed E-state index contributed by atoms with van der Waals surface area (Å²) in [6.45, 7) is 1.98. The van der Waals surface area contributed by atoms with Crippen molar-refractivity contribution in [3.05, 3.63) is 58.4 Å². The van der Waals surface area contributed by atoms with Crippen molar-refractivity contribution >= 4 is 35.0 Å². The molecule has 0 unspecified atom stereocenters. The molecule has 0 spiro atoms. The van der Waals surface area contributed by atoms with Crippen LogP contribution in [-0.4, -0.2) is 17.3 Å². The van der Waals surface area contributed by atoms with Gasteiger partial charge in [0.05, 0.1) is 17.4 Å². The van der Waals surface area contributed by atoms with Crippen LogP contribution in [0.2, 0.25) is 10.0 Å². The summed E-state index contributed by atoms with van der Waals surface area (Å²) in [5.41, 5.74) is 0.840. The van der Waals surface area contributed by atoms with Crippen molar-refractivity contribution in [3.63, 3.8) is 0 Å². The van der Waals surface area contributed by atoms with Crippen LogP contribution in [0.25, 0.3) is 11.5 Å². The summed E-state index contributed by atoms with van der Waals surface area (Å²) in [7, 11) is 1.62. The first-order valence-electron chi connectivity index (χ1n) is 7.16. The van der Waals surface area contributed by atoms with Crippen LogP contribution in [0.1, 0.15) is 18.1 Å². The number of ether oxygens (including phenoxy) is 1. The lowest BCUT2D eigenvalue weighted by Gasteiger charge is -2.08. The fourth-order valence-corrected chi connectivity index (χ4v) is 3.50. The van der Waals surface area contributed by atoms with Crippen molar-refractivity contribution in [1.82, 2.24) is 10.2 Å². The van der Waals surface area contributed by atoms with E-state index < -0.39 is 0 Å². The van der Waals surface area contributed by atoms with Crippen molar-refractivity contribution in [1.29, 1.82) is 0 Å². The largest absolute Gasteiger partial charge is 0.497 e. The molecular formula is C17H14Cl2N2O2S. The Labute approximate surface area is 154 Å². The molecule has 0 saturated carbocycles. The second-order valence-electron chi connectivity index (χ2n) is 5.01. The quantitative estimate of drug-likeness (QED) is 0.515. The van der Waals surface area contributed by atoms with Gasteiger partial charge in [0, 0.05) is 15.5 Å². The van der Waals surface area contributed by atoms with E-state index in [1.807, 2.05) is 37.3 Å². The molecule has 0 radical (unpaired) electrons. The van der Waals surface area contributed by atoms with E-state index in [4.69, 9.17) is 32.4 Å². The summed E-state index contributed by atoms with van der Waals surface area (Å²) in [4.78, 5) is 0.876. The number of nitrogens with zero attached hydrogens (tertiary/aromatic N) is 2. The van der Waals surface area contributed by atoms with Crippen molar-refractivity contribution in [2.24, 2.45) is 0 Å². The standard InChI is InChI=1S/C17H14Cl2N2O2S/c1-10(24-15-9-12(18)5-8-14(15)19)16-20-21-17(23-16)11-3-6-13(22-2)7-4-11/h3-10H,1-2H3/t10-/m0/s1. The maximum Gasteiger partial charge on any atom is 0.247 e. The van der Waals surface area contributed by atoms with E-state index >= 15 is 0 Å². The number of rotatable bonds is 5. The molecular weight excluding hydrogens is 367 g/mol. The Morgan fingerprint density at radius 2 is 1.83 bits per heavy atom. The maximum atomic E-state index is 6.20. The first kappa shape index (κ1) is 17.1. The molecule has 0 amide bonds. The molecule has 1 heterocycles. The van der Waals surface area contributed by atoms with E-state index in [1.165, 1.54) is 11.8 Å². The fraction of sp³-hybridized carbons (Fsp3) is 0.176. The third kappa shape index (κ3) is 3.86. The molecule has 3 aromatic rings. The van der Waals surface area contributed by atoms with Gasteiger partial charge in [0.25, 0.3) is 0 Å². The first-order chi connectivity index (χ1) is 11.6. The van der Waals surface area contributed by atoms with E-state index in [-0.39, 0.29) is 5.25 Å². The third-order valence-electron chi connectivity index (χ3n) is 3.32. The minimum absolute atomic E-state index is 0.0551. The second-order valence-corrected chi connectivity index (χ2v) is 7.24. The Bertz CT molecular complexity index is 837. The molecule has 7 heteroatoms. The average molecular weight is 381 g/mol. The lowest BCUT2D eigenvalue weighted by Crippen LogP contribution is -1.89. The molecule has 0 N–H and O–H groups in total. The molecule has 1 atom stereocenters. The van der Waals surface area contributed by atoms with Crippen molar-refractivity contribution < 1.29 is 9.15 Å². The number of hydrogen-bond donors (Lipinski definition) is 0. The van der Waals surface area contributed by atoms with Gasteiger partial charge in [-0.15, -0.1) is 22.0 Å². The van der Waals surface area contributed by atoms with Gasteiger partial charge < -0.3 is 9.15 Å². The number of aromatic nitrogens is 2. The highest BCUT2D eigenvalue weighted by molar-refractivity contribution is 7.99. The van der Waals surface area contributed by atoms with Crippen LogP contribution < -0.4 is 4.74 Å². The molecule has 0 aliphatic carbocycles. The van der Waals surface area contributed by atoms with E-state index in [0.29, 0.717) is 21.8 Å². The minimum atomic E-state index is -0.0551. The van der Waals surface area contributed by atoms with Crippen LogP contribution in [0.3, 0.4) is 0 Å².